The van der Waals surface area contributed by atoms with Crippen LogP contribution in [-0.2, 0) is 9.53 Å². The minimum atomic E-state index is -2.21. The lowest BCUT2D eigenvalue weighted by Crippen LogP contribution is -2.31. The first-order valence-corrected chi connectivity index (χ1v) is 6.40. The van der Waals surface area contributed by atoms with Gasteiger partial charge in [-0.3, -0.25) is 0 Å². The fourth-order valence-electron chi connectivity index (χ4n) is 1.52. The Morgan fingerprint density at radius 1 is 1.50 bits per heavy atom. The molecule has 0 aliphatic rings. The third-order valence-corrected chi connectivity index (χ3v) is 3.13. The van der Waals surface area contributed by atoms with E-state index in [0.717, 1.165) is 12.1 Å². The number of aromatic hydroxyl groups is 1. The number of carbonyl (C=O) groups excluding carboxylic acids is 1. The number of phenols is 1. The van der Waals surface area contributed by atoms with Crippen molar-refractivity contribution in [3.05, 3.63) is 27.7 Å². The Kier molecular flexibility index (Phi) is 5.46. The molecule has 20 heavy (non-hydrogen) atoms. The molecule has 0 amide bonds. The largest absolute Gasteiger partial charge is 0.506 e. The Morgan fingerprint density at radius 3 is 2.60 bits per heavy atom. The molecule has 0 radical (unpaired) electrons. The lowest BCUT2D eigenvalue weighted by molar-refractivity contribution is -0.149. The maximum atomic E-state index is 13.8. The topological polar surface area (TPSA) is 110 Å². The Balaban J connectivity index is 3.17. The maximum absolute atomic E-state index is 13.8. The summed E-state index contributed by atoms with van der Waals surface area (Å²) in [5.41, 5.74) is 5.16. The quantitative estimate of drug-likeness (QED) is 0.698. The predicted molar refractivity (Wildman–Crippen MR) is 71.2 cm³/mol. The van der Waals surface area contributed by atoms with Gasteiger partial charge in [-0.15, -0.1) is 0 Å². The lowest BCUT2D eigenvalue weighted by Gasteiger charge is -2.18. The van der Waals surface area contributed by atoms with E-state index >= 15 is 0 Å². The van der Waals surface area contributed by atoms with E-state index in [9.17, 15) is 19.1 Å². The Hall–Kier alpha value is -1.67. The van der Waals surface area contributed by atoms with E-state index in [1.165, 1.54) is 6.92 Å². The molecular weight excluding hydrogens is 337 g/mol. The van der Waals surface area contributed by atoms with Crippen molar-refractivity contribution in [1.29, 1.82) is 0 Å². The zero-order chi connectivity index (χ0) is 15.4. The molecule has 6 nitrogen and oxygen atoms in total. The SMILES string of the molecule is CCOC(=O)C(F)[C@@H](N)c1cc(C(=O)O)cc(Br)c1O. The second-order valence-electron chi connectivity index (χ2n) is 3.88. The fraction of sp³-hybridized carbons (Fsp3) is 0.333. The molecule has 4 N–H and O–H groups in total. The molecule has 0 saturated heterocycles. The van der Waals surface area contributed by atoms with Gasteiger partial charge in [0.25, 0.3) is 0 Å². The molecule has 1 aromatic carbocycles. The van der Waals surface area contributed by atoms with E-state index in [4.69, 9.17) is 10.8 Å². The maximum Gasteiger partial charge on any atom is 0.342 e. The smallest absolute Gasteiger partial charge is 0.342 e. The van der Waals surface area contributed by atoms with E-state index in [-0.39, 0.29) is 22.2 Å². The van der Waals surface area contributed by atoms with Gasteiger partial charge < -0.3 is 20.7 Å². The second-order valence-corrected chi connectivity index (χ2v) is 4.73. The normalized spacial score (nSPS) is 13.6. The van der Waals surface area contributed by atoms with E-state index in [2.05, 4.69) is 20.7 Å². The molecule has 0 aromatic heterocycles. The van der Waals surface area contributed by atoms with Crippen molar-refractivity contribution < 1.29 is 28.9 Å². The number of hydrogen-bond acceptors (Lipinski definition) is 5. The highest BCUT2D eigenvalue weighted by Gasteiger charge is 2.30. The third-order valence-electron chi connectivity index (χ3n) is 2.53. The van der Waals surface area contributed by atoms with E-state index in [1.807, 2.05) is 0 Å². The van der Waals surface area contributed by atoms with Gasteiger partial charge in [0, 0.05) is 5.56 Å². The molecule has 0 aliphatic carbocycles. The minimum Gasteiger partial charge on any atom is -0.506 e. The van der Waals surface area contributed by atoms with Crippen molar-refractivity contribution in [2.75, 3.05) is 6.61 Å². The van der Waals surface area contributed by atoms with Crippen LogP contribution in [-0.4, -0.2) is 34.9 Å². The summed E-state index contributed by atoms with van der Waals surface area (Å²) in [6.45, 7) is 1.49. The first kappa shape index (κ1) is 16.4. The molecular formula is C12H13BrFNO5. The molecule has 2 atom stereocenters. The van der Waals surface area contributed by atoms with Crippen LogP contribution >= 0.6 is 15.9 Å². The summed E-state index contributed by atoms with van der Waals surface area (Å²) in [5.74, 6) is -2.86. The molecule has 8 heteroatoms. The van der Waals surface area contributed by atoms with Crippen LogP contribution in [0.4, 0.5) is 4.39 Å². The number of carbonyl (C=O) groups is 2. The van der Waals surface area contributed by atoms with Crippen molar-refractivity contribution >= 4 is 27.9 Å². The van der Waals surface area contributed by atoms with Gasteiger partial charge in [0.1, 0.15) is 5.75 Å². The summed E-state index contributed by atoms with van der Waals surface area (Å²) in [5, 5.41) is 18.7. The molecule has 1 aromatic rings. The first-order chi connectivity index (χ1) is 9.29. The monoisotopic (exact) mass is 349 g/mol. The molecule has 1 rings (SSSR count). The molecule has 0 bridgehead atoms. The summed E-state index contributed by atoms with van der Waals surface area (Å²) in [7, 11) is 0. The van der Waals surface area contributed by atoms with Gasteiger partial charge in [0.05, 0.1) is 22.7 Å². The van der Waals surface area contributed by atoms with Crippen LogP contribution in [0, 0.1) is 0 Å². The van der Waals surface area contributed by atoms with E-state index in [1.54, 1.807) is 0 Å². The van der Waals surface area contributed by atoms with Crippen LogP contribution in [0.25, 0.3) is 0 Å². The number of hydrogen-bond donors (Lipinski definition) is 3. The van der Waals surface area contributed by atoms with Gasteiger partial charge in [-0.25, -0.2) is 14.0 Å². The number of carboxylic acids is 1. The lowest BCUT2D eigenvalue weighted by atomic mass is 9.99. The Labute approximate surface area is 122 Å². The number of halogens is 2. The van der Waals surface area contributed by atoms with Crippen LogP contribution in [0.3, 0.4) is 0 Å². The molecule has 0 spiro atoms. The van der Waals surface area contributed by atoms with Crippen molar-refractivity contribution in [3.63, 3.8) is 0 Å². The molecule has 1 unspecified atom stereocenters. The van der Waals surface area contributed by atoms with Gasteiger partial charge in [-0.2, -0.15) is 0 Å². The van der Waals surface area contributed by atoms with E-state index in [0.29, 0.717) is 0 Å². The van der Waals surface area contributed by atoms with E-state index < -0.39 is 29.9 Å². The highest BCUT2D eigenvalue weighted by Crippen LogP contribution is 2.34. The fourth-order valence-corrected chi connectivity index (χ4v) is 2.00. The first-order valence-electron chi connectivity index (χ1n) is 5.61. The number of aromatic carboxylic acids is 1. The Bertz CT molecular complexity index is 537. The summed E-state index contributed by atoms with van der Waals surface area (Å²) in [6.07, 6.45) is -2.21. The summed E-state index contributed by atoms with van der Waals surface area (Å²) >= 11 is 2.94. The standard InChI is InChI=1S/C12H13BrFNO5/c1-2-20-12(19)8(14)9(15)6-3-5(11(17)18)4-7(13)10(6)16/h3-4,8-9,16H,2,15H2,1H3,(H,17,18)/t8?,9-/m0/s1. The number of nitrogens with two attached hydrogens (primary N) is 1. The minimum absolute atomic E-state index is 0.0170. The number of benzene rings is 1. The molecule has 0 saturated carbocycles. The second kappa shape index (κ2) is 6.67. The number of ether oxygens (including phenoxy) is 1. The van der Waals surface area contributed by atoms with Crippen molar-refractivity contribution in [2.45, 2.75) is 19.1 Å². The summed E-state index contributed by atoms with van der Waals surface area (Å²) in [6, 6.07) is 0.620. The van der Waals surface area contributed by atoms with Gasteiger partial charge in [-0.05, 0) is 35.0 Å². The summed E-state index contributed by atoms with van der Waals surface area (Å²) in [4.78, 5) is 22.2. The van der Waals surface area contributed by atoms with Gasteiger partial charge in [0.15, 0.2) is 0 Å². The molecule has 0 heterocycles. The zero-order valence-corrected chi connectivity index (χ0v) is 12.1. The summed E-state index contributed by atoms with van der Waals surface area (Å²) < 4.78 is 18.4. The number of phenolic OH excluding ortho intramolecular Hbond substituents is 1. The number of rotatable bonds is 5. The average Bonchev–Trinajstić information content (AvgIpc) is 2.40. The number of esters is 1. The number of carboxylic acid groups (broad SMARTS) is 1. The van der Waals surface area contributed by atoms with Crippen LogP contribution in [0.1, 0.15) is 28.9 Å². The van der Waals surface area contributed by atoms with Crippen LogP contribution in [0.5, 0.6) is 5.75 Å². The van der Waals surface area contributed by atoms with Crippen molar-refractivity contribution in [3.8, 4) is 5.75 Å². The number of alkyl halides is 1. The zero-order valence-electron chi connectivity index (χ0n) is 10.5. The van der Waals surface area contributed by atoms with Crippen LogP contribution < -0.4 is 5.73 Å². The molecule has 110 valence electrons. The van der Waals surface area contributed by atoms with Gasteiger partial charge in [-0.1, -0.05) is 0 Å². The van der Waals surface area contributed by atoms with Gasteiger partial charge >= 0.3 is 11.9 Å². The van der Waals surface area contributed by atoms with Gasteiger partial charge in [0.2, 0.25) is 6.17 Å². The van der Waals surface area contributed by atoms with Crippen molar-refractivity contribution in [2.24, 2.45) is 5.73 Å². The average molecular weight is 350 g/mol. The predicted octanol–water partition coefficient (Wildman–Crippen LogP) is 1.75. The Morgan fingerprint density at radius 2 is 2.10 bits per heavy atom. The van der Waals surface area contributed by atoms with Crippen molar-refractivity contribution in [1.82, 2.24) is 0 Å². The third kappa shape index (κ3) is 3.45. The molecule has 0 fully saturated rings. The van der Waals surface area contributed by atoms with Crippen LogP contribution in [0.2, 0.25) is 0 Å². The highest BCUT2D eigenvalue weighted by molar-refractivity contribution is 9.10. The molecule has 0 aliphatic heterocycles. The highest BCUT2D eigenvalue weighted by atomic mass is 79.9. The van der Waals surface area contributed by atoms with Crippen LogP contribution in [0.15, 0.2) is 16.6 Å².